The molecule has 0 radical (unpaired) electrons. The van der Waals surface area contributed by atoms with E-state index in [1.165, 1.54) is 51.6 Å². The fourth-order valence-electron chi connectivity index (χ4n) is 4.62. The molecule has 0 saturated heterocycles. The number of nitrogens with one attached hydrogen (secondary N) is 1. The van der Waals surface area contributed by atoms with Crippen LogP contribution in [0.3, 0.4) is 0 Å². The number of nitrogens with two attached hydrogens (primary N) is 1. The molecule has 0 bridgehead atoms. The van der Waals surface area contributed by atoms with Gasteiger partial charge in [0.15, 0.2) is 35.0 Å². The lowest BCUT2D eigenvalue weighted by Gasteiger charge is -2.46. The lowest BCUT2D eigenvalue weighted by atomic mass is 9.73. The van der Waals surface area contributed by atoms with Crippen molar-refractivity contribution >= 4 is 39.3 Å². The average Bonchev–Trinajstić information content (AvgIpc) is 3.43. The summed E-state index contributed by atoms with van der Waals surface area (Å²) < 4.78 is 81.9. The minimum absolute atomic E-state index is 0.0110. The standard InChI is InChI=1S/C26H23F5N6O2S/c1-12-25(2,37-24(32)40-26(12,3)23(30)31)16-6-13(7-17(27)20(16)29)36-22-21-15(18(28)10-35-22)8-14(9-34-21)39-11-19-33-4-5-38-19/h4-10,12,23H,11H2,1-3H3,(H2,32,37)(H,35,36)/t12-,25-,26-/m0/s1. The van der Waals surface area contributed by atoms with Crippen molar-refractivity contribution in [3.8, 4) is 5.75 Å². The second-order valence-corrected chi connectivity index (χ2v) is 11.1. The van der Waals surface area contributed by atoms with Gasteiger partial charge in [0, 0.05) is 28.6 Å². The number of anilines is 2. The number of rotatable bonds is 7. The molecule has 4 aromatic rings. The molecule has 3 atom stereocenters. The van der Waals surface area contributed by atoms with E-state index in [1.54, 1.807) is 0 Å². The van der Waals surface area contributed by atoms with E-state index in [1.807, 2.05) is 0 Å². The molecule has 210 valence electrons. The third-order valence-corrected chi connectivity index (χ3v) is 8.41. The van der Waals surface area contributed by atoms with Gasteiger partial charge in [-0.2, -0.15) is 0 Å². The molecule has 4 heterocycles. The van der Waals surface area contributed by atoms with Gasteiger partial charge >= 0.3 is 0 Å². The van der Waals surface area contributed by atoms with Crippen LogP contribution in [-0.4, -0.2) is 31.3 Å². The fourth-order valence-corrected chi connectivity index (χ4v) is 5.80. The first-order valence-corrected chi connectivity index (χ1v) is 12.8. The second kappa shape index (κ2) is 10.2. The van der Waals surface area contributed by atoms with Crippen molar-refractivity contribution in [2.75, 3.05) is 5.32 Å². The van der Waals surface area contributed by atoms with Gasteiger partial charge in [0.05, 0.1) is 28.9 Å². The van der Waals surface area contributed by atoms with Gasteiger partial charge in [-0.15, -0.1) is 0 Å². The lowest BCUT2D eigenvalue weighted by Crippen LogP contribution is -2.52. The summed E-state index contributed by atoms with van der Waals surface area (Å²) in [6.45, 7) is 4.22. The number of aliphatic imine (C=N–C) groups is 1. The highest BCUT2D eigenvalue weighted by molar-refractivity contribution is 8.15. The maximum Gasteiger partial charge on any atom is 0.253 e. The number of amidine groups is 1. The van der Waals surface area contributed by atoms with Crippen LogP contribution in [0.15, 0.2) is 52.5 Å². The zero-order valence-electron chi connectivity index (χ0n) is 21.4. The monoisotopic (exact) mass is 578 g/mol. The number of pyridine rings is 2. The zero-order valence-corrected chi connectivity index (χ0v) is 22.2. The van der Waals surface area contributed by atoms with E-state index in [0.29, 0.717) is 17.7 Å². The van der Waals surface area contributed by atoms with Gasteiger partial charge in [0.25, 0.3) is 6.43 Å². The summed E-state index contributed by atoms with van der Waals surface area (Å²) in [7, 11) is 0. The van der Waals surface area contributed by atoms with E-state index in [4.69, 9.17) is 14.9 Å². The first-order chi connectivity index (χ1) is 18.9. The zero-order chi connectivity index (χ0) is 28.8. The first kappa shape index (κ1) is 27.6. The number of oxazole rings is 1. The number of aromatic nitrogens is 3. The summed E-state index contributed by atoms with van der Waals surface area (Å²) in [5, 5.41) is 2.71. The normalized spacial score (nSPS) is 22.9. The van der Waals surface area contributed by atoms with Crippen LogP contribution in [0.1, 0.15) is 32.2 Å². The Morgan fingerprint density at radius 2 is 1.88 bits per heavy atom. The van der Waals surface area contributed by atoms with Crippen LogP contribution < -0.4 is 15.8 Å². The van der Waals surface area contributed by atoms with Gasteiger partial charge in [-0.05, 0) is 26.0 Å². The topological polar surface area (TPSA) is 111 Å². The van der Waals surface area contributed by atoms with Crippen LogP contribution in [0.2, 0.25) is 0 Å². The molecule has 0 saturated carbocycles. The van der Waals surface area contributed by atoms with E-state index < -0.39 is 40.1 Å². The van der Waals surface area contributed by atoms with Gasteiger partial charge in [-0.1, -0.05) is 18.7 Å². The maximum absolute atomic E-state index is 15.2. The van der Waals surface area contributed by atoms with Crippen LogP contribution >= 0.6 is 11.8 Å². The average molecular weight is 579 g/mol. The highest BCUT2D eigenvalue weighted by Crippen LogP contribution is 2.53. The van der Waals surface area contributed by atoms with Crippen molar-refractivity contribution in [2.45, 2.75) is 44.1 Å². The van der Waals surface area contributed by atoms with E-state index in [0.717, 1.165) is 12.3 Å². The summed E-state index contributed by atoms with van der Waals surface area (Å²) in [5.74, 6) is -3.58. The number of alkyl halides is 2. The molecule has 1 aliphatic rings. The highest BCUT2D eigenvalue weighted by Gasteiger charge is 2.54. The lowest BCUT2D eigenvalue weighted by molar-refractivity contribution is 0.0571. The van der Waals surface area contributed by atoms with Gasteiger partial charge in [0.1, 0.15) is 17.5 Å². The molecule has 3 aromatic heterocycles. The van der Waals surface area contributed by atoms with Crippen LogP contribution in [0.4, 0.5) is 33.5 Å². The number of thioether (sulfide) groups is 1. The third-order valence-electron chi connectivity index (χ3n) is 7.14. The number of hydrogen-bond acceptors (Lipinski definition) is 9. The molecule has 0 spiro atoms. The Morgan fingerprint density at radius 3 is 2.58 bits per heavy atom. The molecule has 14 heteroatoms. The van der Waals surface area contributed by atoms with Crippen molar-refractivity contribution in [2.24, 2.45) is 16.6 Å². The van der Waals surface area contributed by atoms with Crippen molar-refractivity contribution in [1.29, 1.82) is 0 Å². The number of ether oxygens (including phenoxy) is 1. The predicted molar refractivity (Wildman–Crippen MR) is 140 cm³/mol. The van der Waals surface area contributed by atoms with E-state index in [9.17, 15) is 17.6 Å². The number of benzene rings is 1. The molecule has 1 aromatic carbocycles. The first-order valence-electron chi connectivity index (χ1n) is 12.0. The minimum Gasteiger partial charge on any atom is -0.482 e. The Hall–Kier alpha value is -3.94. The van der Waals surface area contributed by atoms with Crippen molar-refractivity contribution < 1.29 is 31.1 Å². The molecule has 5 rings (SSSR count). The van der Waals surface area contributed by atoms with Gasteiger partial charge in [-0.3, -0.25) is 4.99 Å². The molecule has 8 nitrogen and oxygen atoms in total. The fraction of sp³-hybridized carbons (Fsp3) is 0.308. The van der Waals surface area contributed by atoms with Crippen LogP contribution in [-0.2, 0) is 12.1 Å². The Kier molecular flexibility index (Phi) is 7.06. The predicted octanol–water partition coefficient (Wildman–Crippen LogP) is 6.29. The molecule has 0 fully saturated rings. The van der Waals surface area contributed by atoms with E-state index >= 15 is 4.39 Å². The van der Waals surface area contributed by atoms with Gasteiger partial charge in [-0.25, -0.2) is 36.9 Å². The van der Waals surface area contributed by atoms with Crippen LogP contribution in [0.25, 0.3) is 10.9 Å². The van der Waals surface area contributed by atoms with Crippen LogP contribution in [0.5, 0.6) is 5.75 Å². The Balaban J connectivity index is 1.51. The Morgan fingerprint density at radius 1 is 1.10 bits per heavy atom. The summed E-state index contributed by atoms with van der Waals surface area (Å²) in [5.41, 5.74) is 4.07. The number of halogens is 5. The molecule has 3 N–H and O–H groups in total. The number of nitrogens with zero attached hydrogens (tertiary/aromatic N) is 4. The summed E-state index contributed by atoms with van der Waals surface area (Å²) >= 11 is 0.698. The smallest absolute Gasteiger partial charge is 0.253 e. The van der Waals surface area contributed by atoms with Crippen LogP contribution in [0, 0.1) is 23.4 Å². The quantitative estimate of drug-likeness (QED) is 0.246. The van der Waals surface area contributed by atoms with Gasteiger partial charge < -0.3 is 20.2 Å². The molecular formula is C26H23F5N6O2S. The minimum atomic E-state index is -2.82. The van der Waals surface area contributed by atoms with E-state index in [2.05, 4.69) is 25.3 Å². The van der Waals surface area contributed by atoms with Crippen molar-refractivity contribution in [3.63, 3.8) is 0 Å². The summed E-state index contributed by atoms with van der Waals surface area (Å²) in [6.07, 6.45) is 2.29. The molecule has 40 heavy (non-hydrogen) atoms. The SMILES string of the molecule is C[C@H]1[C@@](C)(c2cc(Nc3ncc(F)c4cc(OCc5ncco5)cnc34)cc(F)c2F)N=C(N)S[C@]1(C)C(F)F. The Bertz CT molecular complexity index is 1600. The molecule has 0 aliphatic carbocycles. The molecular weight excluding hydrogens is 555 g/mol. The Labute approximate surface area is 229 Å². The summed E-state index contributed by atoms with van der Waals surface area (Å²) in [4.78, 5) is 16.5. The number of hydrogen-bond donors (Lipinski definition) is 2. The summed E-state index contributed by atoms with van der Waals surface area (Å²) in [6, 6.07) is 3.52. The van der Waals surface area contributed by atoms with E-state index in [-0.39, 0.29) is 45.5 Å². The molecule has 1 aliphatic heterocycles. The van der Waals surface area contributed by atoms with Gasteiger partial charge in [0.2, 0.25) is 5.89 Å². The second-order valence-electron chi connectivity index (χ2n) is 9.59. The highest BCUT2D eigenvalue weighted by atomic mass is 32.2. The molecule has 0 amide bonds. The van der Waals surface area contributed by atoms with Crippen molar-refractivity contribution in [1.82, 2.24) is 15.0 Å². The largest absolute Gasteiger partial charge is 0.482 e. The maximum atomic E-state index is 15.2. The third kappa shape index (κ3) is 4.80. The number of fused-ring (bicyclic) bond motifs is 1. The molecule has 0 unspecified atom stereocenters. The van der Waals surface area contributed by atoms with Crippen molar-refractivity contribution in [3.05, 3.63) is 72.0 Å².